The number of nitrogens with one attached hydrogen (secondary N) is 1. The van der Waals surface area contributed by atoms with Gasteiger partial charge in [-0.2, -0.15) is 4.31 Å². The summed E-state index contributed by atoms with van der Waals surface area (Å²) in [5.74, 6) is 0.228. The van der Waals surface area contributed by atoms with Gasteiger partial charge in [-0.1, -0.05) is 6.07 Å². The highest BCUT2D eigenvalue weighted by molar-refractivity contribution is 7.89. The van der Waals surface area contributed by atoms with Crippen LogP contribution < -0.4 is 10.1 Å². The van der Waals surface area contributed by atoms with E-state index in [2.05, 4.69) is 5.32 Å². The number of nitrogens with zero attached hydrogens (tertiary/aromatic N) is 2. The molecule has 0 aliphatic carbocycles. The molecule has 0 bridgehead atoms. The maximum absolute atomic E-state index is 13.0. The Morgan fingerprint density at radius 2 is 1.70 bits per heavy atom. The van der Waals surface area contributed by atoms with Crippen molar-refractivity contribution in [2.75, 3.05) is 38.1 Å². The third kappa shape index (κ3) is 4.98. The molecule has 30 heavy (non-hydrogen) atoms. The second kappa shape index (κ2) is 9.27. The van der Waals surface area contributed by atoms with Crippen LogP contribution in [-0.2, 0) is 14.8 Å². The van der Waals surface area contributed by atoms with E-state index in [1.54, 1.807) is 41.3 Å². The lowest BCUT2D eigenvalue weighted by Gasteiger charge is -2.33. The SMILES string of the molecule is CCOc1ccc(NC(=O)c2cccc(S(=O)(=O)N3CCN(C(C)=O)CC3)c2)cc1. The van der Waals surface area contributed by atoms with Crippen LogP contribution in [0.2, 0.25) is 0 Å². The summed E-state index contributed by atoms with van der Waals surface area (Å²) in [6.07, 6.45) is 0. The fourth-order valence-corrected chi connectivity index (χ4v) is 4.66. The lowest BCUT2D eigenvalue weighted by Crippen LogP contribution is -2.49. The fraction of sp³-hybridized carbons (Fsp3) is 0.333. The second-order valence-electron chi connectivity index (χ2n) is 6.85. The number of benzene rings is 2. The Morgan fingerprint density at radius 1 is 1.03 bits per heavy atom. The average Bonchev–Trinajstić information content (AvgIpc) is 2.75. The minimum atomic E-state index is -3.75. The summed E-state index contributed by atoms with van der Waals surface area (Å²) in [4.78, 5) is 25.7. The number of ether oxygens (including phenoxy) is 1. The van der Waals surface area contributed by atoms with Gasteiger partial charge in [0.05, 0.1) is 11.5 Å². The normalized spacial score (nSPS) is 14.9. The van der Waals surface area contributed by atoms with Gasteiger partial charge in [0.25, 0.3) is 5.91 Å². The highest BCUT2D eigenvalue weighted by Crippen LogP contribution is 2.21. The molecule has 1 aliphatic heterocycles. The molecular formula is C21H25N3O5S. The van der Waals surface area contributed by atoms with Crippen molar-refractivity contribution >= 4 is 27.5 Å². The van der Waals surface area contributed by atoms with Gasteiger partial charge in [0.2, 0.25) is 15.9 Å². The maximum atomic E-state index is 13.0. The van der Waals surface area contributed by atoms with Crippen LogP contribution in [0.3, 0.4) is 0 Å². The Kier molecular flexibility index (Phi) is 6.73. The summed E-state index contributed by atoms with van der Waals surface area (Å²) in [6, 6.07) is 12.9. The van der Waals surface area contributed by atoms with Crippen molar-refractivity contribution in [3.05, 3.63) is 54.1 Å². The molecule has 1 N–H and O–H groups in total. The van der Waals surface area contributed by atoms with Gasteiger partial charge in [-0.25, -0.2) is 8.42 Å². The first-order valence-corrected chi connectivity index (χ1v) is 11.1. The molecular weight excluding hydrogens is 406 g/mol. The zero-order chi connectivity index (χ0) is 21.7. The second-order valence-corrected chi connectivity index (χ2v) is 8.79. The summed E-state index contributed by atoms with van der Waals surface area (Å²) >= 11 is 0. The lowest BCUT2D eigenvalue weighted by molar-refractivity contribution is -0.129. The largest absolute Gasteiger partial charge is 0.494 e. The summed E-state index contributed by atoms with van der Waals surface area (Å²) in [6.45, 7) is 5.07. The fourth-order valence-electron chi connectivity index (χ4n) is 3.19. The predicted octanol–water partition coefficient (Wildman–Crippen LogP) is 2.19. The third-order valence-electron chi connectivity index (χ3n) is 4.84. The smallest absolute Gasteiger partial charge is 0.255 e. The molecule has 9 heteroatoms. The van der Waals surface area contributed by atoms with Crippen LogP contribution >= 0.6 is 0 Å². The van der Waals surface area contributed by atoms with Crippen molar-refractivity contribution in [3.8, 4) is 5.75 Å². The summed E-state index contributed by atoms with van der Waals surface area (Å²) < 4.78 is 32.7. The quantitative estimate of drug-likeness (QED) is 0.756. The highest BCUT2D eigenvalue weighted by atomic mass is 32.2. The van der Waals surface area contributed by atoms with Gasteiger partial charge in [-0.15, -0.1) is 0 Å². The molecule has 8 nitrogen and oxygen atoms in total. The molecule has 0 saturated carbocycles. The Balaban J connectivity index is 1.72. The van der Waals surface area contributed by atoms with Gasteiger partial charge in [-0.05, 0) is 49.4 Å². The van der Waals surface area contributed by atoms with Crippen LogP contribution in [0.25, 0.3) is 0 Å². The van der Waals surface area contributed by atoms with E-state index in [4.69, 9.17) is 4.74 Å². The van der Waals surface area contributed by atoms with E-state index >= 15 is 0 Å². The number of anilines is 1. The zero-order valence-corrected chi connectivity index (χ0v) is 17.8. The average molecular weight is 432 g/mol. The van der Waals surface area contributed by atoms with Gasteiger partial charge < -0.3 is 15.0 Å². The summed E-state index contributed by atoms with van der Waals surface area (Å²) in [7, 11) is -3.75. The number of rotatable bonds is 6. The molecule has 2 aromatic carbocycles. The van der Waals surface area contributed by atoms with Gasteiger partial charge in [0.1, 0.15) is 5.75 Å². The monoisotopic (exact) mass is 431 g/mol. The van der Waals surface area contributed by atoms with Gasteiger partial charge >= 0.3 is 0 Å². The molecule has 1 heterocycles. The summed E-state index contributed by atoms with van der Waals surface area (Å²) in [5.41, 5.74) is 0.824. The topological polar surface area (TPSA) is 96.0 Å². The number of amides is 2. The van der Waals surface area contributed by atoms with Crippen LogP contribution in [0.5, 0.6) is 5.75 Å². The van der Waals surface area contributed by atoms with Crippen LogP contribution in [0.15, 0.2) is 53.4 Å². The molecule has 1 saturated heterocycles. The van der Waals surface area contributed by atoms with Gasteiger partial charge in [0.15, 0.2) is 0 Å². The molecule has 3 rings (SSSR count). The molecule has 2 amide bonds. The van der Waals surface area contributed by atoms with Crippen molar-refractivity contribution in [1.82, 2.24) is 9.21 Å². The maximum Gasteiger partial charge on any atom is 0.255 e. The predicted molar refractivity (Wildman–Crippen MR) is 113 cm³/mol. The Bertz CT molecular complexity index is 1010. The first-order valence-electron chi connectivity index (χ1n) is 9.71. The van der Waals surface area contributed by atoms with Crippen LogP contribution in [0, 0.1) is 0 Å². The van der Waals surface area contributed by atoms with Gasteiger partial charge in [-0.3, -0.25) is 9.59 Å². The third-order valence-corrected chi connectivity index (χ3v) is 6.74. The van der Waals surface area contributed by atoms with E-state index in [1.807, 2.05) is 6.92 Å². The van der Waals surface area contributed by atoms with Crippen molar-refractivity contribution in [3.63, 3.8) is 0 Å². The lowest BCUT2D eigenvalue weighted by atomic mass is 10.2. The molecule has 160 valence electrons. The van der Waals surface area contributed by atoms with E-state index in [0.717, 1.165) is 0 Å². The van der Waals surface area contributed by atoms with Crippen molar-refractivity contribution in [2.24, 2.45) is 0 Å². The number of piperazine rings is 1. The summed E-state index contributed by atoms with van der Waals surface area (Å²) in [5, 5.41) is 2.76. The van der Waals surface area contributed by atoms with Crippen molar-refractivity contribution < 1.29 is 22.7 Å². The first kappa shape index (κ1) is 21.8. The Labute approximate surface area is 176 Å². The van der Waals surface area contributed by atoms with E-state index in [0.29, 0.717) is 31.1 Å². The standard InChI is InChI=1S/C21H25N3O5S/c1-3-29-19-9-7-18(8-10-19)22-21(26)17-5-4-6-20(15-17)30(27,28)24-13-11-23(12-14-24)16(2)25/h4-10,15H,3,11-14H2,1-2H3,(H,22,26). The molecule has 0 radical (unpaired) electrons. The minimum absolute atomic E-state index is 0.0538. The van der Waals surface area contributed by atoms with E-state index < -0.39 is 15.9 Å². The van der Waals surface area contributed by atoms with E-state index in [1.165, 1.54) is 23.4 Å². The van der Waals surface area contributed by atoms with Crippen molar-refractivity contribution in [2.45, 2.75) is 18.7 Å². The first-order chi connectivity index (χ1) is 14.3. The van der Waals surface area contributed by atoms with Crippen LogP contribution in [0.1, 0.15) is 24.2 Å². The molecule has 0 aromatic heterocycles. The Morgan fingerprint density at radius 3 is 2.30 bits per heavy atom. The Hall–Kier alpha value is -2.91. The highest BCUT2D eigenvalue weighted by Gasteiger charge is 2.29. The number of hydrogen-bond acceptors (Lipinski definition) is 5. The molecule has 0 spiro atoms. The number of carbonyl (C=O) groups excluding carboxylic acids is 2. The molecule has 1 aliphatic rings. The molecule has 1 fully saturated rings. The number of hydrogen-bond donors (Lipinski definition) is 1. The van der Waals surface area contributed by atoms with Crippen LogP contribution in [-0.4, -0.2) is 62.2 Å². The minimum Gasteiger partial charge on any atom is -0.494 e. The molecule has 0 atom stereocenters. The number of carbonyl (C=O) groups is 2. The molecule has 0 unspecified atom stereocenters. The molecule has 2 aromatic rings. The van der Waals surface area contributed by atoms with E-state index in [-0.39, 0.29) is 29.5 Å². The zero-order valence-electron chi connectivity index (χ0n) is 17.0. The van der Waals surface area contributed by atoms with Crippen molar-refractivity contribution in [1.29, 1.82) is 0 Å². The van der Waals surface area contributed by atoms with Gasteiger partial charge in [0, 0.05) is 44.4 Å². The van der Waals surface area contributed by atoms with E-state index in [9.17, 15) is 18.0 Å². The number of sulfonamides is 1. The van der Waals surface area contributed by atoms with Crippen LogP contribution in [0.4, 0.5) is 5.69 Å².